The summed E-state index contributed by atoms with van der Waals surface area (Å²) in [7, 11) is -2.21. The minimum absolute atomic E-state index is 0.0924. The van der Waals surface area contributed by atoms with Gasteiger partial charge in [-0.15, -0.1) is 0 Å². The number of ether oxygens (including phenoxy) is 2. The molecule has 7 nitrogen and oxygen atoms in total. The fraction of sp³-hybridized carbons (Fsp3) is 0.136. The number of hydrogen-bond acceptors (Lipinski definition) is 5. The summed E-state index contributed by atoms with van der Waals surface area (Å²) in [5.74, 6) is 0.554. The number of amides is 1. The number of carbonyl (C=O) groups excluding carboxylic acids is 1. The van der Waals surface area contributed by atoms with Crippen molar-refractivity contribution in [1.29, 1.82) is 0 Å². The lowest BCUT2D eigenvalue weighted by molar-refractivity contribution is -0.118. The quantitative estimate of drug-likeness (QED) is 0.571. The monoisotopic (exact) mass is 426 g/mol. The zero-order valence-electron chi connectivity index (χ0n) is 16.6. The lowest BCUT2D eigenvalue weighted by Gasteiger charge is -2.11. The number of nitrogens with one attached hydrogen (secondary N) is 2. The Balaban J connectivity index is 1.59. The lowest BCUT2D eigenvalue weighted by Crippen LogP contribution is -2.20. The first-order valence-corrected chi connectivity index (χ1v) is 10.6. The van der Waals surface area contributed by atoms with Gasteiger partial charge in [0, 0.05) is 5.69 Å². The first-order valence-electron chi connectivity index (χ1n) is 9.12. The highest BCUT2D eigenvalue weighted by Crippen LogP contribution is 2.23. The molecule has 0 aromatic heterocycles. The van der Waals surface area contributed by atoms with E-state index in [9.17, 15) is 13.2 Å². The summed E-state index contributed by atoms with van der Waals surface area (Å²) in [6, 6.07) is 20.0. The summed E-state index contributed by atoms with van der Waals surface area (Å²) < 4.78 is 38.2. The first kappa shape index (κ1) is 21.2. The maximum Gasteiger partial charge on any atom is 0.262 e. The molecule has 0 aliphatic heterocycles. The molecule has 3 aromatic carbocycles. The maximum absolute atomic E-state index is 12.5. The van der Waals surface area contributed by atoms with Crippen molar-refractivity contribution < 1.29 is 22.7 Å². The van der Waals surface area contributed by atoms with E-state index in [2.05, 4.69) is 10.0 Å². The topological polar surface area (TPSA) is 93.7 Å². The van der Waals surface area contributed by atoms with Crippen LogP contribution >= 0.6 is 0 Å². The second-order valence-corrected chi connectivity index (χ2v) is 8.17. The predicted molar refractivity (Wildman–Crippen MR) is 116 cm³/mol. The van der Waals surface area contributed by atoms with Gasteiger partial charge in [0.05, 0.1) is 17.7 Å². The highest BCUT2D eigenvalue weighted by atomic mass is 32.2. The van der Waals surface area contributed by atoms with Crippen LogP contribution in [0.2, 0.25) is 0 Å². The van der Waals surface area contributed by atoms with Gasteiger partial charge in [0.1, 0.15) is 11.5 Å². The van der Waals surface area contributed by atoms with Gasteiger partial charge in [0.2, 0.25) is 0 Å². The third kappa shape index (κ3) is 5.51. The first-order chi connectivity index (χ1) is 14.4. The number of aryl methyl sites for hydroxylation is 1. The van der Waals surface area contributed by atoms with Crippen LogP contribution in [-0.4, -0.2) is 28.0 Å². The number of sulfonamides is 1. The highest BCUT2D eigenvalue weighted by molar-refractivity contribution is 7.92. The second-order valence-electron chi connectivity index (χ2n) is 6.48. The molecule has 1 amide bonds. The van der Waals surface area contributed by atoms with Crippen molar-refractivity contribution in [2.75, 3.05) is 23.8 Å². The van der Waals surface area contributed by atoms with Crippen molar-refractivity contribution in [2.45, 2.75) is 11.8 Å². The highest BCUT2D eigenvalue weighted by Gasteiger charge is 2.15. The third-order valence-corrected chi connectivity index (χ3v) is 5.55. The minimum Gasteiger partial charge on any atom is -0.495 e. The number of methoxy groups -OCH3 is 1. The summed E-state index contributed by atoms with van der Waals surface area (Å²) in [6.07, 6.45) is 0. The fourth-order valence-corrected chi connectivity index (χ4v) is 3.77. The van der Waals surface area contributed by atoms with Crippen LogP contribution < -0.4 is 19.5 Å². The zero-order chi connectivity index (χ0) is 21.6. The number of hydrogen-bond donors (Lipinski definition) is 2. The molecule has 2 N–H and O–H groups in total. The van der Waals surface area contributed by atoms with Crippen LogP contribution in [0.15, 0.2) is 77.7 Å². The molecule has 3 aromatic rings. The number of benzene rings is 3. The molecule has 0 saturated carbocycles. The lowest BCUT2D eigenvalue weighted by atomic mass is 10.2. The van der Waals surface area contributed by atoms with Gasteiger partial charge in [0.15, 0.2) is 6.61 Å². The molecule has 30 heavy (non-hydrogen) atoms. The molecule has 0 spiro atoms. The van der Waals surface area contributed by atoms with Crippen LogP contribution in [0.5, 0.6) is 11.5 Å². The molecule has 0 unspecified atom stereocenters. The van der Waals surface area contributed by atoms with Crippen molar-refractivity contribution in [3.8, 4) is 11.5 Å². The van der Waals surface area contributed by atoms with Gasteiger partial charge < -0.3 is 14.8 Å². The molecule has 0 atom stereocenters. The Morgan fingerprint density at radius 1 is 0.967 bits per heavy atom. The Bertz CT molecular complexity index is 1130. The normalized spacial score (nSPS) is 10.9. The predicted octanol–water partition coefficient (Wildman–Crippen LogP) is 3.82. The van der Waals surface area contributed by atoms with E-state index in [0.29, 0.717) is 22.9 Å². The molecular formula is C22H22N2O5S. The Morgan fingerprint density at radius 3 is 2.40 bits per heavy atom. The number of anilines is 2. The molecule has 0 aliphatic carbocycles. The summed E-state index contributed by atoms with van der Waals surface area (Å²) in [5.41, 5.74) is 1.98. The Kier molecular flexibility index (Phi) is 6.58. The minimum atomic E-state index is -3.73. The molecule has 0 heterocycles. The van der Waals surface area contributed by atoms with E-state index >= 15 is 0 Å². The Hall–Kier alpha value is -3.52. The fourth-order valence-electron chi connectivity index (χ4n) is 2.72. The van der Waals surface area contributed by atoms with Crippen LogP contribution in [0.25, 0.3) is 0 Å². The number of rotatable bonds is 8. The van der Waals surface area contributed by atoms with Crippen LogP contribution in [0.4, 0.5) is 11.4 Å². The molecular weight excluding hydrogens is 404 g/mol. The zero-order valence-corrected chi connectivity index (χ0v) is 17.4. The van der Waals surface area contributed by atoms with Gasteiger partial charge >= 0.3 is 0 Å². The van der Waals surface area contributed by atoms with Crippen LogP contribution in [0.3, 0.4) is 0 Å². The Morgan fingerprint density at radius 2 is 1.70 bits per heavy atom. The summed E-state index contributed by atoms with van der Waals surface area (Å²) in [4.78, 5) is 12.2. The van der Waals surface area contributed by atoms with Crippen molar-refractivity contribution in [3.05, 3.63) is 78.4 Å². The van der Waals surface area contributed by atoms with Crippen molar-refractivity contribution in [3.63, 3.8) is 0 Å². The third-order valence-electron chi connectivity index (χ3n) is 4.16. The standard InChI is InChI=1S/C22H22N2O5S/c1-16-6-5-7-17(14-16)24-30(26,27)19-12-10-18(11-13-19)29-15-22(25)23-20-8-3-4-9-21(20)28-2/h3-14,24H,15H2,1-2H3,(H,23,25). The van der Waals surface area contributed by atoms with E-state index in [-0.39, 0.29) is 17.4 Å². The summed E-state index contributed by atoms with van der Waals surface area (Å²) in [6.45, 7) is 1.65. The van der Waals surface area contributed by atoms with Gasteiger partial charge in [-0.25, -0.2) is 8.42 Å². The van der Waals surface area contributed by atoms with Crippen molar-refractivity contribution in [1.82, 2.24) is 0 Å². The van der Waals surface area contributed by atoms with Crippen molar-refractivity contribution >= 4 is 27.3 Å². The van der Waals surface area contributed by atoms with Gasteiger partial charge in [-0.05, 0) is 61.0 Å². The summed E-state index contributed by atoms with van der Waals surface area (Å²) >= 11 is 0. The van der Waals surface area contributed by atoms with Gasteiger partial charge in [-0.2, -0.15) is 0 Å². The number of para-hydroxylation sites is 2. The average Bonchev–Trinajstić information content (AvgIpc) is 2.73. The van der Waals surface area contributed by atoms with E-state index in [0.717, 1.165) is 5.56 Å². The molecule has 3 rings (SSSR count). The molecule has 0 fully saturated rings. The molecule has 8 heteroatoms. The van der Waals surface area contributed by atoms with E-state index in [1.54, 1.807) is 42.5 Å². The molecule has 156 valence electrons. The molecule has 0 aliphatic rings. The molecule has 0 bridgehead atoms. The van der Waals surface area contributed by atoms with E-state index in [1.807, 2.05) is 13.0 Å². The SMILES string of the molecule is COc1ccccc1NC(=O)COc1ccc(S(=O)(=O)Nc2cccc(C)c2)cc1. The van der Waals surface area contributed by atoms with Gasteiger partial charge in [0.25, 0.3) is 15.9 Å². The van der Waals surface area contributed by atoms with Crippen LogP contribution in [-0.2, 0) is 14.8 Å². The smallest absolute Gasteiger partial charge is 0.262 e. The number of carbonyl (C=O) groups is 1. The van der Waals surface area contributed by atoms with Crippen LogP contribution in [0.1, 0.15) is 5.56 Å². The largest absolute Gasteiger partial charge is 0.495 e. The van der Waals surface area contributed by atoms with E-state index in [1.165, 1.54) is 31.4 Å². The maximum atomic E-state index is 12.5. The van der Waals surface area contributed by atoms with Crippen LogP contribution in [0, 0.1) is 6.92 Å². The molecule has 0 radical (unpaired) electrons. The van der Waals surface area contributed by atoms with E-state index < -0.39 is 10.0 Å². The van der Waals surface area contributed by atoms with E-state index in [4.69, 9.17) is 9.47 Å². The summed E-state index contributed by atoms with van der Waals surface area (Å²) in [5, 5.41) is 2.70. The average molecular weight is 426 g/mol. The van der Waals surface area contributed by atoms with Gasteiger partial charge in [-0.3, -0.25) is 9.52 Å². The van der Waals surface area contributed by atoms with Gasteiger partial charge in [-0.1, -0.05) is 24.3 Å². The second kappa shape index (κ2) is 9.32. The molecule has 0 saturated heterocycles. The van der Waals surface area contributed by atoms with Crippen molar-refractivity contribution in [2.24, 2.45) is 0 Å². The Labute approximate surface area is 175 Å².